The monoisotopic (exact) mass is 281 g/mol. The molecule has 0 radical (unpaired) electrons. The Balaban J connectivity index is 2.40. The van der Waals surface area contributed by atoms with Crippen LogP contribution in [0.4, 0.5) is 5.69 Å². The average Bonchev–Trinajstić information content (AvgIpc) is 2.25. The van der Waals surface area contributed by atoms with Gasteiger partial charge in [0.1, 0.15) is 5.84 Å². The molecule has 1 aromatic carbocycles. The molecular weight excluding hydrogens is 262 g/mol. The molecule has 1 unspecified atom stereocenters. The summed E-state index contributed by atoms with van der Waals surface area (Å²) >= 11 is 6.08. The lowest BCUT2D eigenvalue weighted by molar-refractivity contribution is -0.0749. The third-order valence-electron chi connectivity index (χ3n) is 3.16. The van der Waals surface area contributed by atoms with E-state index in [2.05, 4.69) is 18.7 Å². The predicted octanol–water partition coefficient (Wildman–Crippen LogP) is 2.63. The van der Waals surface area contributed by atoms with Crippen LogP contribution in [-0.2, 0) is 4.74 Å². The van der Waals surface area contributed by atoms with Crippen LogP contribution in [0.3, 0.4) is 0 Å². The lowest BCUT2D eigenvalue weighted by Crippen LogP contribution is -2.52. The lowest BCUT2D eigenvalue weighted by atomic mass is 10.0. The van der Waals surface area contributed by atoms with Gasteiger partial charge in [0.2, 0.25) is 0 Å². The Labute approximate surface area is 119 Å². The largest absolute Gasteiger partial charge is 0.384 e. The van der Waals surface area contributed by atoms with Crippen molar-refractivity contribution in [2.45, 2.75) is 32.5 Å². The molecule has 1 heterocycles. The molecule has 0 spiro atoms. The Morgan fingerprint density at radius 2 is 2.21 bits per heavy atom. The second-order valence-corrected chi connectivity index (χ2v) is 6.08. The lowest BCUT2D eigenvalue weighted by Gasteiger charge is -2.43. The molecule has 4 nitrogen and oxygen atoms in total. The molecule has 0 bridgehead atoms. The van der Waals surface area contributed by atoms with E-state index < -0.39 is 0 Å². The van der Waals surface area contributed by atoms with Crippen molar-refractivity contribution in [3.05, 3.63) is 28.8 Å². The molecule has 1 aliphatic heterocycles. The van der Waals surface area contributed by atoms with Crippen molar-refractivity contribution in [3.63, 3.8) is 0 Å². The van der Waals surface area contributed by atoms with Crippen molar-refractivity contribution in [2.75, 3.05) is 18.0 Å². The van der Waals surface area contributed by atoms with Crippen LogP contribution in [0.15, 0.2) is 18.2 Å². The fourth-order valence-corrected chi connectivity index (χ4v) is 2.80. The number of nitrogens with zero attached hydrogens (tertiary/aromatic N) is 1. The SMILES string of the molecule is CC1CN(c2cc(Cl)ccc2C(=N)N)CC(C)(C)O1. The zero-order valence-corrected chi connectivity index (χ0v) is 12.3. The van der Waals surface area contributed by atoms with E-state index in [1.165, 1.54) is 0 Å². The fraction of sp³-hybridized carbons (Fsp3) is 0.500. The Morgan fingerprint density at radius 1 is 1.53 bits per heavy atom. The summed E-state index contributed by atoms with van der Waals surface area (Å²) in [5.74, 6) is 0.0589. The van der Waals surface area contributed by atoms with E-state index in [0.29, 0.717) is 10.6 Å². The Kier molecular flexibility index (Phi) is 3.74. The molecule has 1 saturated heterocycles. The molecular formula is C14H20ClN3O. The van der Waals surface area contributed by atoms with E-state index in [4.69, 9.17) is 27.5 Å². The molecule has 1 fully saturated rings. The number of rotatable bonds is 2. The molecule has 0 saturated carbocycles. The van der Waals surface area contributed by atoms with Crippen molar-refractivity contribution in [2.24, 2.45) is 5.73 Å². The third kappa shape index (κ3) is 3.19. The minimum absolute atomic E-state index is 0.0589. The summed E-state index contributed by atoms with van der Waals surface area (Å²) in [5, 5.41) is 8.34. The van der Waals surface area contributed by atoms with E-state index in [0.717, 1.165) is 18.8 Å². The summed E-state index contributed by atoms with van der Waals surface area (Å²) in [5.41, 5.74) is 7.05. The van der Waals surface area contributed by atoms with Crippen molar-refractivity contribution in [1.29, 1.82) is 5.41 Å². The van der Waals surface area contributed by atoms with Crippen LogP contribution in [-0.4, -0.2) is 30.6 Å². The van der Waals surface area contributed by atoms with Crippen molar-refractivity contribution in [3.8, 4) is 0 Å². The number of amidine groups is 1. The van der Waals surface area contributed by atoms with Crippen molar-refractivity contribution >= 4 is 23.1 Å². The summed E-state index contributed by atoms with van der Waals surface area (Å²) in [6.07, 6.45) is 0.127. The molecule has 2 rings (SSSR count). The van der Waals surface area contributed by atoms with Crippen LogP contribution in [0.5, 0.6) is 0 Å². The van der Waals surface area contributed by atoms with Crippen molar-refractivity contribution < 1.29 is 4.74 Å². The number of halogens is 1. The highest BCUT2D eigenvalue weighted by atomic mass is 35.5. The van der Waals surface area contributed by atoms with Gasteiger partial charge in [-0.3, -0.25) is 5.41 Å². The van der Waals surface area contributed by atoms with Crippen LogP contribution in [0, 0.1) is 5.41 Å². The minimum Gasteiger partial charge on any atom is -0.384 e. The van der Waals surface area contributed by atoms with E-state index >= 15 is 0 Å². The highest BCUT2D eigenvalue weighted by Gasteiger charge is 2.32. The molecule has 104 valence electrons. The molecule has 1 aromatic rings. The first-order valence-electron chi connectivity index (χ1n) is 6.35. The number of nitrogens with one attached hydrogen (secondary N) is 1. The van der Waals surface area contributed by atoms with Gasteiger partial charge in [-0.2, -0.15) is 0 Å². The van der Waals surface area contributed by atoms with Gasteiger partial charge in [0, 0.05) is 29.4 Å². The maximum absolute atomic E-state index is 7.69. The van der Waals surface area contributed by atoms with Gasteiger partial charge in [-0.15, -0.1) is 0 Å². The summed E-state index contributed by atoms with van der Waals surface area (Å²) in [4.78, 5) is 2.19. The minimum atomic E-state index is -0.228. The Bertz CT molecular complexity index is 501. The highest BCUT2D eigenvalue weighted by molar-refractivity contribution is 6.31. The maximum Gasteiger partial charge on any atom is 0.124 e. The molecule has 1 atom stereocenters. The van der Waals surface area contributed by atoms with Gasteiger partial charge in [-0.25, -0.2) is 0 Å². The van der Waals surface area contributed by atoms with Crippen molar-refractivity contribution in [1.82, 2.24) is 0 Å². The summed E-state index contributed by atoms with van der Waals surface area (Å²) in [6, 6.07) is 5.43. The summed E-state index contributed by atoms with van der Waals surface area (Å²) < 4.78 is 5.90. The Hall–Kier alpha value is -1.26. The van der Waals surface area contributed by atoms with E-state index in [9.17, 15) is 0 Å². The third-order valence-corrected chi connectivity index (χ3v) is 3.40. The molecule has 0 amide bonds. The van der Waals surface area contributed by atoms with Gasteiger partial charge in [0.05, 0.1) is 11.7 Å². The van der Waals surface area contributed by atoms with Crippen LogP contribution < -0.4 is 10.6 Å². The van der Waals surface area contributed by atoms with Crippen LogP contribution >= 0.6 is 11.6 Å². The van der Waals surface area contributed by atoms with Crippen LogP contribution in [0.1, 0.15) is 26.3 Å². The molecule has 1 aliphatic rings. The number of benzene rings is 1. The molecule has 3 N–H and O–H groups in total. The van der Waals surface area contributed by atoms with Gasteiger partial charge < -0.3 is 15.4 Å². The maximum atomic E-state index is 7.69. The first-order valence-corrected chi connectivity index (χ1v) is 6.73. The first-order chi connectivity index (χ1) is 8.78. The number of morpholine rings is 1. The number of ether oxygens (including phenoxy) is 1. The quantitative estimate of drug-likeness (QED) is 0.647. The van der Waals surface area contributed by atoms with Gasteiger partial charge in [-0.05, 0) is 39.0 Å². The number of hydrogen-bond donors (Lipinski definition) is 2. The zero-order chi connectivity index (χ0) is 14.2. The Morgan fingerprint density at radius 3 is 2.79 bits per heavy atom. The van der Waals surface area contributed by atoms with Gasteiger partial charge in [-0.1, -0.05) is 11.6 Å². The first kappa shape index (κ1) is 14.2. The average molecular weight is 282 g/mol. The normalized spacial score (nSPS) is 22.3. The van der Waals surface area contributed by atoms with Gasteiger partial charge >= 0.3 is 0 Å². The number of nitrogen functional groups attached to an aromatic ring is 1. The molecule has 0 aliphatic carbocycles. The van der Waals surface area contributed by atoms with E-state index in [1.807, 2.05) is 13.0 Å². The summed E-state index contributed by atoms with van der Waals surface area (Å²) in [7, 11) is 0. The number of anilines is 1. The second kappa shape index (κ2) is 5.02. The van der Waals surface area contributed by atoms with Crippen LogP contribution in [0.2, 0.25) is 5.02 Å². The van der Waals surface area contributed by atoms with Gasteiger partial charge in [0.25, 0.3) is 0 Å². The highest BCUT2D eigenvalue weighted by Crippen LogP contribution is 2.30. The standard InChI is InChI=1S/C14H20ClN3O/c1-9-7-18(8-14(2,3)19-9)12-6-10(15)4-5-11(12)13(16)17/h4-6,9H,7-8H2,1-3H3,(H3,16,17). The van der Waals surface area contributed by atoms with E-state index in [-0.39, 0.29) is 17.5 Å². The summed E-state index contributed by atoms with van der Waals surface area (Å²) in [6.45, 7) is 7.69. The zero-order valence-electron chi connectivity index (χ0n) is 11.5. The number of nitrogens with two attached hydrogens (primary N) is 1. The molecule has 5 heteroatoms. The molecule has 0 aromatic heterocycles. The van der Waals surface area contributed by atoms with Gasteiger partial charge in [0.15, 0.2) is 0 Å². The smallest absolute Gasteiger partial charge is 0.124 e. The second-order valence-electron chi connectivity index (χ2n) is 5.64. The van der Waals surface area contributed by atoms with Crippen LogP contribution in [0.25, 0.3) is 0 Å². The topological polar surface area (TPSA) is 62.3 Å². The fourth-order valence-electron chi connectivity index (χ4n) is 2.63. The molecule has 19 heavy (non-hydrogen) atoms. The van der Waals surface area contributed by atoms with E-state index in [1.54, 1.807) is 12.1 Å². The number of hydrogen-bond acceptors (Lipinski definition) is 3. The predicted molar refractivity (Wildman–Crippen MR) is 79.3 cm³/mol.